The van der Waals surface area contributed by atoms with Gasteiger partial charge in [0.1, 0.15) is 23.0 Å². The maximum Gasteiger partial charge on any atom is 0.178 e. The van der Waals surface area contributed by atoms with Crippen LogP contribution in [0.5, 0.6) is 34.5 Å². The van der Waals surface area contributed by atoms with Crippen molar-refractivity contribution in [2.24, 2.45) is 0 Å². The molecule has 244 valence electrons. The zero-order valence-corrected chi connectivity index (χ0v) is 27.9. The van der Waals surface area contributed by atoms with Crippen molar-refractivity contribution in [2.75, 3.05) is 35.5 Å². The summed E-state index contributed by atoms with van der Waals surface area (Å²) in [5.41, 5.74) is 4.98. The van der Waals surface area contributed by atoms with Crippen LogP contribution in [0.4, 0.5) is 0 Å². The van der Waals surface area contributed by atoms with Crippen molar-refractivity contribution in [3.8, 4) is 40.2 Å². The Bertz CT molecular complexity index is 2320. The number of fused-ring (bicyclic) bond motifs is 8. The highest BCUT2D eigenvalue weighted by Gasteiger charge is 2.39. The van der Waals surface area contributed by atoms with Crippen LogP contribution in [0.1, 0.15) is 16.7 Å². The quantitative estimate of drug-likeness (QED) is 0.164. The number of hydrogen-bond acceptors (Lipinski definition) is 6. The highest BCUT2D eigenvalue weighted by Crippen LogP contribution is 2.52. The Balaban J connectivity index is 1.51. The van der Waals surface area contributed by atoms with Gasteiger partial charge >= 0.3 is 0 Å². The molecule has 1 aromatic heterocycles. The fraction of sp³-hybridized carbons (Fsp3) is 0.143. The van der Waals surface area contributed by atoms with E-state index in [0.717, 1.165) is 78.0 Å². The van der Waals surface area contributed by atoms with Crippen molar-refractivity contribution < 1.29 is 28.4 Å². The van der Waals surface area contributed by atoms with E-state index in [4.69, 9.17) is 28.4 Å². The molecule has 0 aliphatic carbocycles. The lowest BCUT2D eigenvalue weighted by Gasteiger charge is -2.37. The molecule has 0 atom stereocenters. The lowest BCUT2D eigenvalue weighted by atomic mass is 9.82. The van der Waals surface area contributed by atoms with Gasteiger partial charge in [-0.05, 0) is 84.3 Å². The summed E-state index contributed by atoms with van der Waals surface area (Å²) in [6.45, 7) is 0. The predicted molar refractivity (Wildman–Crippen MR) is 194 cm³/mol. The number of benzene rings is 6. The fourth-order valence-corrected chi connectivity index (χ4v) is 7.11. The molecule has 0 amide bonds. The van der Waals surface area contributed by atoms with Crippen LogP contribution < -0.4 is 28.4 Å². The first-order chi connectivity index (χ1) is 24.0. The van der Waals surface area contributed by atoms with Crippen LogP contribution in [0.2, 0.25) is 0 Å². The van der Waals surface area contributed by atoms with Gasteiger partial charge in [-0.25, -0.2) is 0 Å². The van der Waals surface area contributed by atoms with Gasteiger partial charge in [0.15, 0.2) is 17.1 Å². The van der Waals surface area contributed by atoms with E-state index in [0.29, 0.717) is 11.5 Å². The lowest BCUT2D eigenvalue weighted by Crippen LogP contribution is -2.34. The Kier molecular flexibility index (Phi) is 7.33. The minimum Gasteiger partial charge on any atom is -0.497 e. The average molecular weight is 650 g/mol. The van der Waals surface area contributed by atoms with E-state index in [9.17, 15) is 0 Å². The molecular formula is C42H35NO6. The van der Waals surface area contributed by atoms with Crippen LogP contribution >= 0.6 is 0 Å². The van der Waals surface area contributed by atoms with Crippen molar-refractivity contribution in [3.05, 3.63) is 132 Å². The number of hydrogen-bond donors (Lipinski definition) is 0. The van der Waals surface area contributed by atoms with Crippen LogP contribution in [0.25, 0.3) is 44.3 Å². The molecular weight excluding hydrogens is 614 g/mol. The van der Waals surface area contributed by atoms with Gasteiger partial charge in [-0.15, -0.1) is 0 Å². The van der Waals surface area contributed by atoms with Crippen LogP contribution in [0, 0.1) is 0 Å². The number of ether oxygens (including phenoxy) is 6. The minimum atomic E-state index is -0.976. The molecule has 7 nitrogen and oxygen atoms in total. The van der Waals surface area contributed by atoms with E-state index in [-0.39, 0.29) is 0 Å². The van der Waals surface area contributed by atoms with Gasteiger partial charge in [0.05, 0.1) is 46.6 Å². The van der Waals surface area contributed by atoms with Gasteiger partial charge in [0.2, 0.25) is 0 Å². The normalized spacial score (nSPS) is 13.2. The first kappa shape index (κ1) is 30.3. The summed E-state index contributed by atoms with van der Waals surface area (Å²) >= 11 is 0. The minimum absolute atomic E-state index is 0.619. The zero-order chi connectivity index (χ0) is 33.7. The molecule has 7 aromatic rings. The number of methoxy groups -OCH3 is 5. The van der Waals surface area contributed by atoms with Gasteiger partial charge in [0.25, 0.3) is 0 Å². The van der Waals surface area contributed by atoms with Crippen LogP contribution in [0.15, 0.2) is 115 Å². The standard InChI is InChI=1S/C42H35NO6/c1-44-29-16-10-26(11-17-29)42(27-12-18-30(45-2)19-13-27)23-22-33-40-39(34-24-37(47-4)38(48-5)25-35(34)41(33)49-42)32-8-6-7-9-36(32)43(40)28-14-20-31(46-3)21-15-28/h6-25H,1-5H3. The van der Waals surface area contributed by atoms with Crippen molar-refractivity contribution in [2.45, 2.75) is 5.60 Å². The number of nitrogens with zero attached hydrogens (tertiary/aromatic N) is 1. The molecule has 0 bridgehead atoms. The van der Waals surface area contributed by atoms with E-state index >= 15 is 0 Å². The summed E-state index contributed by atoms with van der Waals surface area (Å²) in [7, 11) is 8.34. The third kappa shape index (κ3) is 4.65. The Morgan fingerprint density at radius 3 is 1.63 bits per heavy atom. The second-order valence-electron chi connectivity index (χ2n) is 11.9. The van der Waals surface area contributed by atoms with Crippen molar-refractivity contribution in [3.63, 3.8) is 0 Å². The Morgan fingerprint density at radius 2 is 1.08 bits per heavy atom. The highest BCUT2D eigenvalue weighted by atomic mass is 16.5. The van der Waals surface area contributed by atoms with Crippen LogP contribution in [0.3, 0.4) is 0 Å². The molecule has 0 unspecified atom stereocenters. The largest absolute Gasteiger partial charge is 0.497 e. The zero-order valence-electron chi connectivity index (χ0n) is 27.9. The molecule has 1 aliphatic heterocycles. The monoisotopic (exact) mass is 649 g/mol. The van der Waals surface area contributed by atoms with E-state index in [2.05, 4.69) is 83.4 Å². The number of rotatable bonds is 8. The molecule has 0 fully saturated rings. The summed E-state index contributed by atoms with van der Waals surface area (Å²) in [4.78, 5) is 0. The first-order valence-electron chi connectivity index (χ1n) is 16.0. The third-order valence-electron chi connectivity index (χ3n) is 9.53. The number of para-hydroxylation sites is 1. The molecule has 49 heavy (non-hydrogen) atoms. The molecule has 2 heterocycles. The van der Waals surface area contributed by atoms with Gasteiger partial charge in [0, 0.05) is 38.5 Å². The van der Waals surface area contributed by atoms with E-state index in [1.165, 1.54) is 0 Å². The van der Waals surface area contributed by atoms with Gasteiger partial charge in [-0.3, -0.25) is 0 Å². The van der Waals surface area contributed by atoms with E-state index in [1.54, 1.807) is 35.5 Å². The molecule has 8 rings (SSSR count). The van der Waals surface area contributed by atoms with Gasteiger partial charge in [-0.2, -0.15) is 0 Å². The second kappa shape index (κ2) is 11.9. The number of aromatic nitrogens is 1. The fourth-order valence-electron chi connectivity index (χ4n) is 7.11. The van der Waals surface area contributed by atoms with Crippen molar-refractivity contribution in [1.82, 2.24) is 4.57 Å². The summed E-state index contributed by atoms with van der Waals surface area (Å²) in [6, 6.07) is 36.8. The highest BCUT2D eigenvalue weighted by molar-refractivity contribution is 6.25. The molecule has 1 aliphatic rings. The van der Waals surface area contributed by atoms with Crippen LogP contribution in [-0.4, -0.2) is 40.1 Å². The van der Waals surface area contributed by atoms with Crippen molar-refractivity contribution in [1.29, 1.82) is 0 Å². The lowest BCUT2D eigenvalue weighted by molar-refractivity contribution is 0.163. The Labute approximate surface area is 284 Å². The second-order valence-corrected chi connectivity index (χ2v) is 11.9. The SMILES string of the molecule is COc1ccc(-n2c3ccccc3c3c4cc(OC)c(OC)cc4c4c(c32)C=CC(c2ccc(OC)cc2)(c2ccc(OC)cc2)O4)cc1. The molecule has 7 heteroatoms. The summed E-state index contributed by atoms with van der Waals surface area (Å²) in [6.07, 6.45) is 4.35. The molecule has 0 spiro atoms. The maximum absolute atomic E-state index is 7.46. The molecule has 0 N–H and O–H groups in total. The summed E-state index contributed by atoms with van der Waals surface area (Å²) < 4.78 is 38.0. The third-order valence-corrected chi connectivity index (χ3v) is 9.53. The molecule has 0 radical (unpaired) electrons. The predicted octanol–water partition coefficient (Wildman–Crippen LogP) is 9.33. The van der Waals surface area contributed by atoms with Gasteiger partial charge < -0.3 is 33.0 Å². The summed E-state index contributed by atoms with van der Waals surface area (Å²) in [5.74, 6) is 4.31. The Morgan fingerprint density at radius 1 is 0.551 bits per heavy atom. The van der Waals surface area contributed by atoms with Gasteiger partial charge in [-0.1, -0.05) is 42.5 Å². The molecule has 6 aromatic carbocycles. The first-order valence-corrected chi connectivity index (χ1v) is 16.0. The van der Waals surface area contributed by atoms with E-state index < -0.39 is 5.60 Å². The maximum atomic E-state index is 7.46. The molecule has 0 saturated heterocycles. The van der Waals surface area contributed by atoms with Crippen molar-refractivity contribution >= 4 is 38.7 Å². The van der Waals surface area contributed by atoms with Crippen LogP contribution in [-0.2, 0) is 5.60 Å². The smallest absolute Gasteiger partial charge is 0.178 e. The van der Waals surface area contributed by atoms with E-state index in [1.807, 2.05) is 42.5 Å². The topological polar surface area (TPSA) is 60.3 Å². The Hall–Kier alpha value is -6.08. The average Bonchev–Trinajstić information content (AvgIpc) is 3.52. The summed E-state index contributed by atoms with van der Waals surface area (Å²) in [5, 5.41) is 4.11. The molecule has 0 saturated carbocycles.